The van der Waals surface area contributed by atoms with Crippen LogP contribution in [0.5, 0.6) is 0 Å². The topological polar surface area (TPSA) is 153 Å². The van der Waals surface area contributed by atoms with Gasteiger partial charge in [0.2, 0.25) is 17.7 Å². The molecule has 1 saturated heterocycles. The minimum Gasteiger partial charge on any atom is -0.317 e. The van der Waals surface area contributed by atoms with Gasteiger partial charge in [0, 0.05) is 12.1 Å². The number of nitrogens with zero attached hydrogens (tertiary/aromatic N) is 3. The summed E-state index contributed by atoms with van der Waals surface area (Å²) in [5.74, 6) is -1.55. The summed E-state index contributed by atoms with van der Waals surface area (Å²) in [6.07, 6.45) is 7.45. The van der Waals surface area contributed by atoms with Crippen LogP contribution in [0.2, 0.25) is 0 Å². The van der Waals surface area contributed by atoms with Crippen molar-refractivity contribution in [2.24, 2.45) is 23.7 Å². The first-order valence-corrected chi connectivity index (χ1v) is 10.8. The highest BCUT2D eigenvalue weighted by atomic mass is 16.6. The summed E-state index contributed by atoms with van der Waals surface area (Å²) >= 11 is 0. The maximum atomic E-state index is 13.0. The van der Waals surface area contributed by atoms with Gasteiger partial charge >= 0.3 is 0 Å². The van der Waals surface area contributed by atoms with Gasteiger partial charge in [-0.15, -0.1) is 0 Å². The molecule has 0 radical (unpaired) electrons. The Morgan fingerprint density at radius 1 is 0.971 bits per heavy atom. The van der Waals surface area contributed by atoms with Crippen LogP contribution in [0.1, 0.15) is 12.0 Å². The summed E-state index contributed by atoms with van der Waals surface area (Å²) in [6.45, 7) is 0. The number of hydrogen-bond acceptors (Lipinski definition) is 7. The van der Waals surface area contributed by atoms with Crippen molar-refractivity contribution in [3.63, 3.8) is 0 Å². The van der Waals surface area contributed by atoms with Gasteiger partial charge < -0.3 is 5.32 Å². The highest BCUT2D eigenvalue weighted by molar-refractivity contribution is 6.23. The summed E-state index contributed by atoms with van der Waals surface area (Å²) in [5, 5.41) is 24.4. The number of rotatable bonds is 6. The van der Waals surface area contributed by atoms with Crippen molar-refractivity contribution in [2.75, 3.05) is 10.2 Å². The SMILES string of the molecule is O=C(/C=C\c1cccc(N2C(=O)[C@@H]3[C@H](C2=O)[C@@H]2C=C[C@H]3C2)c1)Nc1ccc([N+](=O)[O-])cc1[N+](=O)[O-]. The molecule has 2 fully saturated rings. The Morgan fingerprint density at radius 2 is 1.66 bits per heavy atom. The first kappa shape index (κ1) is 22.1. The predicted molar refractivity (Wildman–Crippen MR) is 124 cm³/mol. The second-order valence-corrected chi connectivity index (χ2v) is 8.65. The van der Waals surface area contributed by atoms with E-state index in [2.05, 4.69) is 5.32 Å². The number of benzene rings is 2. The summed E-state index contributed by atoms with van der Waals surface area (Å²) < 4.78 is 0. The van der Waals surface area contributed by atoms with E-state index in [0.29, 0.717) is 11.3 Å². The van der Waals surface area contributed by atoms with Gasteiger partial charge in [-0.05, 0) is 48.1 Å². The van der Waals surface area contributed by atoms with Gasteiger partial charge in [0.1, 0.15) is 5.69 Å². The Balaban J connectivity index is 1.32. The standard InChI is InChI=1S/C24H18N4O7/c29-20(25-18-8-7-17(27(32)33)12-19(18)28(34)35)9-4-13-2-1-3-16(10-13)26-23(30)21-14-5-6-15(11-14)22(21)24(26)31/h1-10,12,14-15,21-22H,11H2,(H,25,29)/b9-4-/t14-,15+,21-,22+. The van der Waals surface area contributed by atoms with E-state index in [4.69, 9.17) is 0 Å². The van der Waals surface area contributed by atoms with Crippen LogP contribution < -0.4 is 10.2 Å². The Labute approximate surface area is 198 Å². The van der Waals surface area contributed by atoms with Gasteiger partial charge in [0.05, 0.1) is 33.4 Å². The lowest BCUT2D eigenvalue weighted by Gasteiger charge is -2.17. The van der Waals surface area contributed by atoms with E-state index < -0.39 is 27.1 Å². The molecule has 1 aliphatic heterocycles. The van der Waals surface area contributed by atoms with Crippen molar-refractivity contribution in [1.29, 1.82) is 0 Å². The molecule has 2 aliphatic carbocycles. The van der Waals surface area contributed by atoms with Gasteiger partial charge in [0.15, 0.2) is 0 Å². The number of carbonyl (C=O) groups is 3. The first-order valence-electron chi connectivity index (χ1n) is 10.8. The average Bonchev–Trinajstić information content (AvgIpc) is 3.51. The largest absolute Gasteiger partial charge is 0.317 e. The molecular weight excluding hydrogens is 456 g/mol. The van der Waals surface area contributed by atoms with Crippen LogP contribution >= 0.6 is 0 Å². The molecule has 0 unspecified atom stereocenters. The average molecular weight is 474 g/mol. The molecule has 2 aromatic rings. The van der Waals surface area contributed by atoms with E-state index in [1.807, 2.05) is 12.2 Å². The Morgan fingerprint density at radius 3 is 2.29 bits per heavy atom. The molecule has 0 aromatic heterocycles. The Hall–Kier alpha value is -4.67. The molecular formula is C24H18N4O7. The molecule has 0 spiro atoms. The second-order valence-electron chi connectivity index (χ2n) is 8.65. The number of amides is 3. The number of non-ortho nitro benzene ring substituents is 1. The number of imide groups is 1. The van der Waals surface area contributed by atoms with Crippen molar-refractivity contribution in [3.05, 3.63) is 86.5 Å². The van der Waals surface area contributed by atoms with Crippen molar-refractivity contribution in [2.45, 2.75) is 6.42 Å². The zero-order chi connectivity index (χ0) is 24.9. The second kappa shape index (κ2) is 8.28. The van der Waals surface area contributed by atoms with Crippen molar-refractivity contribution < 1.29 is 24.2 Å². The maximum absolute atomic E-state index is 13.0. The third-order valence-electron chi connectivity index (χ3n) is 6.67. The normalized spacial score (nSPS) is 24.3. The molecule has 3 amide bonds. The van der Waals surface area contributed by atoms with Crippen LogP contribution in [-0.4, -0.2) is 27.6 Å². The monoisotopic (exact) mass is 474 g/mol. The van der Waals surface area contributed by atoms with E-state index >= 15 is 0 Å². The zero-order valence-electron chi connectivity index (χ0n) is 18.1. The third kappa shape index (κ3) is 3.76. The molecule has 1 saturated carbocycles. The zero-order valence-corrected chi connectivity index (χ0v) is 18.1. The smallest absolute Gasteiger partial charge is 0.299 e. The van der Waals surface area contributed by atoms with Gasteiger partial charge in [-0.1, -0.05) is 24.3 Å². The number of nitro groups is 2. The summed E-state index contributed by atoms with van der Waals surface area (Å²) in [4.78, 5) is 60.1. The molecule has 1 heterocycles. The number of nitrogens with one attached hydrogen (secondary N) is 1. The van der Waals surface area contributed by atoms with Crippen LogP contribution in [0.25, 0.3) is 6.08 Å². The van der Waals surface area contributed by atoms with Crippen molar-refractivity contribution >= 4 is 46.5 Å². The Kier molecular flexibility index (Phi) is 5.24. The number of hydrogen-bond donors (Lipinski definition) is 1. The number of nitro benzene ring substituents is 2. The minimum atomic E-state index is -0.822. The molecule has 2 aromatic carbocycles. The van der Waals surface area contributed by atoms with E-state index in [1.54, 1.807) is 24.3 Å². The van der Waals surface area contributed by atoms with Crippen LogP contribution in [0.3, 0.4) is 0 Å². The fourth-order valence-electron chi connectivity index (χ4n) is 5.16. The lowest BCUT2D eigenvalue weighted by atomic mass is 9.85. The lowest BCUT2D eigenvalue weighted by molar-refractivity contribution is -0.393. The van der Waals surface area contributed by atoms with Crippen LogP contribution in [0.15, 0.2) is 60.7 Å². The minimum absolute atomic E-state index is 0.0988. The molecule has 3 aliphatic rings. The molecule has 5 rings (SSSR count). The first-order chi connectivity index (χ1) is 16.7. The fraction of sp³-hybridized carbons (Fsp3) is 0.208. The number of anilines is 2. The summed E-state index contributed by atoms with van der Waals surface area (Å²) in [7, 11) is 0. The van der Waals surface area contributed by atoms with Crippen LogP contribution in [0, 0.1) is 43.9 Å². The molecule has 176 valence electrons. The quantitative estimate of drug-likeness (QED) is 0.221. The predicted octanol–water partition coefficient (Wildman–Crippen LogP) is 3.47. The van der Waals surface area contributed by atoms with E-state index in [9.17, 15) is 34.6 Å². The molecule has 11 nitrogen and oxygen atoms in total. The number of allylic oxidation sites excluding steroid dienone is 2. The highest BCUT2D eigenvalue weighted by Crippen LogP contribution is 2.53. The fourth-order valence-corrected chi connectivity index (χ4v) is 5.16. The molecule has 1 N–H and O–H groups in total. The van der Waals surface area contributed by atoms with E-state index in [-0.39, 0.29) is 41.2 Å². The van der Waals surface area contributed by atoms with Gasteiger partial charge in [-0.2, -0.15) is 0 Å². The Bertz CT molecular complexity index is 1340. The summed E-state index contributed by atoms with van der Waals surface area (Å²) in [5.41, 5.74) is -0.312. The third-order valence-corrected chi connectivity index (χ3v) is 6.67. The van der Waals surface area contributed by atoms with Gasteiger partial charge in [0.25, 0.3) is 11.4 Å². The van der Waals surface area contributed by atoms with E-state index in [0.717, 1.165) is 30.7 Å². The summed E-state index contributed by atoms with van der Waals surface area (Å²) in [6, 6.07) is 9.52. The lowest BCUT2D eigenvalue weighted by Crippen LogP contribution is -2.32. The molecule has 2 bridgehead atoms. The van der Waals surface area contributed by atoms with Crippen molar-refractivity contribution in [3.8, 4) is 0 Å². The van der Waals surface area contributed by atoms with Gasteiger partial charge in [-0.25, -0.2) is 4.90 Å². The van der Waals surface area contributed by atoms with Crippen LogP contribution in [0.4, 0.5) is 22.7 Å². The molecule has 11 heteroatoms. The molecule has 35 heavy (non-hydrogen) atoms. The number of carbonyl (C=O) groups excluding carboxylic acids is 3. The maximum Gasteiger partial charge on any atom is 0.299 e. The van der Waals surface area contributed by atoms with Gasteiger partial charge in [-0.3, -0.25) is 34.6 Å². The van der Waals surface area contributed by atoms with Crippen molar-refractivity contribution in [1.82, 2.24) is 0 Å². The van der Waals surface area contributed by atoms with Crippen LogP contribution in [-0.2, 0) is 14.4 Å². The van der Waals surface area contributed by atoms with E-state index in [1.165, 1.54) is 11.0 Å². The highest BCUT2D eigenvalue weighted by Gasteiger charge is 2.59. The number of fused-ring (bicyclic) bond motifs is 5. The molecule has 4 atom stereocenters.